The summed E-state index contributed by atoms with van der Waals surface area (Å²) in [5.74, 6) is 0.454. The van der Waals surface area contributed by atoms with E-state index in [2.05, 4.69) is 4.18 Å². The summed E-state index contributed by atoms with van der Waals surface area (Å²) in [7, 11) is -1.97. The first-order valence-electron chi connectivity index (χ1n) is 2.65. The molecule has 1 aromatic carbocycles. The van der Waals surface area contributed by atoms with Gasteiger partial charge in [-0.25, -0.2) is 0 Å². The Bertz CT molecular complexity index is 260. The largest absolute Gasteiger partial charge is 0.546 e. The molecule has 0 amide bonds. The van der Waals surface area contributed by atoms with Crippen molar-refractivity contribution in [2.75, 3.05) is 0 Å². The Hall–Kier alpha value is -1.03. The van der Waals surface area contributed by atoms with E-state index in [-0.39, 0.29) is 0 Å². The molecule has 0 atom stereocenters. The summed E-state index contributed by atoms with van der Waals surface area (Å²) >= 11 is 0. The molecule has 0 saturated carbocycles. The van der Waals surface area contributed by atoms with E-state index in [1.165, 1.54) is 0 Å². The van der Waals surface area contributed by atoms with Crippen molar-refractivity contribution in [1.82, 2.24) is 0 Å². The van der Waals surface area contributed by atoms with Crippen molar-refractivity contribution in [2.24, 2.45) is 0 Å². The van der Waals surface area contributed by atoms with Crippen LogP contribution in [0.3, 0.4) is 0 Å². The third kappa shape index (κ3) is 2.06. The number of nitrogens with one attached hydrogen (secondary N) is 1. The SMILES string of the molecule is N=[S-](=O)Oc1ccccc1. The molecule has 0 radical (unpaired) electrons. The maximum atomic E-state index is 10.2. The van der Waals surface area contributed by atoms with Crippen LogP contribution in [-0.4, -0.2) is 0 Å². The number of benzene rings is 1. The van der Waals surface area contributed by atoms with Crippen LogP contribution in [0.2, 0.25) is 0 Å². The quantitative estimate of drug-likeness (QED) is 0.662. The molecule has 0 spiro atoms. The number of para-hydroxylation sites is 1. The van der Waals surface area contributed by atoms with Crippen molar-refractivity contribution in [3.8, 4) is 5.75 Å². The molecular weight excluding hydrogens is 150 g/mol. The minimum atomic E-state index is -1.97. The summed E-state index contributed by atoms with van der Waals surface area (Å²) in [4.78, 5) is 0. The van der Waals surface area contributed by atoms with Crippen molar-refractivity contribution in [3.05, 3.63) is 30.3 Å². The number of rotatable bonds is 2. The molecule has 10 heavy (non-hydrogen) atoms. The van der Waals surface area contributed by atoms with Crippen molar-refractivity contribution in [2.45, 2.75) is 0 Å². The molecule has 0 fully saturated rings. The zero-order chi connectivity index (χ0) is 7.40. The van der Waals surface area contributed by atoms with Gasteiger partial charge >= 0.3 is 0 Å². The molecule has 4 heteroatoms. The molecule has 54 valence electrons. The van der Waals surface area contributed by atoms with Crippen LogP contribution in [0.1, 0.15) is 0 Å². The van der Waals surface area contributed by atoms with Crippen LogP contribution >= 0.6 is 0 Å². The molecule has 0 bridgehead atoms. The van der Waals surface area contributed by atoms with Gasteiger partial charge in [-0.05, 0) is 23.0 Å². The monoisotopic (exact) mass is 156 g/mol. The maximum absolute atomic E-state index is 10.2. The zero-order valence-electron chi connectivity index (χ0n) is 5.11. The summed E-state index contributed by atoms with van der Waals surface area (Å²) in [5, 5.41) is 0. The van der Waals surface area contributed by atoms with E-state index in [4.69, 9.17) is 4.78 Å². The second-order valence-electron chi connectivity index (χ2n) is 1.63. The lowest BCUT2D eigenvalue weighted by Crippen LogP contribution is -1.85. The molecule has 1 rings (SSSR count). The Morgan fingerprint density at radius 2 is 1.90 bits per heavy atom. The predicted octanol–water partition coefficient (Wildman–Crippen LogP) is 1.71. The molecule has 1 N–H and O–H groups in total. The molecule has 0 aliphatic heterocycles. The predicted molar refractivity (Wildman–Crippen MR) is 37.8 cm³/mol. The van der Waals surface area contributed by atoms with Gasteiger partial charge < -0.3 is 13.2 Å². The average Bonchev–Trinajstić information content (AvgIpc) is 1.88. The Kier molecular flexibility index (Phi) is 2.28. The first kappa shape index (κ1) is 7.08. The highest BCUT2D eigenvalue weighted by atomic mass is 32.2. The fourth-order valence-electron chi connectivity index (χ4n) is 0.563. The smallest absolute Gasteiger partial charge is 0.100 e. The van der Waals surface area contributed by atoms with Crippen molar-refractivity contribution in [1.29, 1.82) is 4.78 Å². The summed E-state index contributed by atoms with van der Waals surface area (Å²) in [6, 6.07) is 8.61. The van der Waals surface area contributed by atoms with Gasteiger partial charge in [0.25, 0.3) is 0 Å². The van der Waals surface area contributed by atoms with E-state index in [1.807, 2.05) is 6.07 Å². The highest BCUT2D eigenvalue weighted by Crippen LogP contribution is 2.07. The summed E-state index contributed by atoms with van der Waals surface area (Å²) in [6.07, 6.45) is 0. The van der Waals surface area contributed by atoms with E-state index >= 15 is 0 Å². The van der Waals surface area contributed by atoms with E-state index in [0.29, 0.717) is 5.75 Å². The Labute approximate surface area is 60.9 Å². The van der Waals surface area contributed by atoms with Gasteiger partial charge in [-0.15, -0.1) is 0 Å². The molecule has 0 heterocycles. The first-order chi connectivity index (χ1) is 4.79. The van der Waals surface area contributed by atoms with Gasteiger partial charge in [-0.2, -0.15) is 0 Å². The summed E-state index contributed by atoms with van der Waals surface area (Å²) in [5.41, 5.74) is 0. The van der Waals surface area contributed by atoms with Crippen LogP contribution in [-0.2, 0) is 15.1 Å². The molecule has 0 unspecified atom stereocenters. The normalized spacial score (nSPS) is 9.70. The molecule has 3 nitrogen and oxygen atoms in total. The first-order valence-corrected chi connectivity index (χ1v) is 3.73. The van der Waals surface area contributed by atoms with E-state index in [0.717, 1.165) is 0 Å². The molecule has 0 saturated heterocycles. The summed E-state index contributed by atoms with van der Waals surface area (Å²) < 4.78 is 21.3. The van der Waals surface area contributed by atoms with E-state index in [9.17, 15) is 4.21 Å². The van der Waals surface area contributed by atoms with Gasteiger partial charge in [0.1, 0.15) is 5.75 Å². The standard InChI is InChI=1S/C6H6NO2S/c7-10(8)9-6-4-2-1-3-5-6/h1-5,7H/q-1. The van der Waals surface area contributed by atoms with Gasteiger partial charge in [-0.3, -0.25) is 0 Å². The maximum Gasteiger partial charge on any atom is 0.100 e. The molecular formula is C6H6NO2S-. The van der Waals surface area contributed by atoms with Gasteiger partial charge in [0.05, 0.1) is 0 Å². The third-order valence-electron chi connectivity index (χ3n) is 0.915. The lowest BCUT2D eigenvalue weighted by atomic mass is 10.3. The van der Waals surface area contributed by atoms with Crippen LogP contribution in [0.4, 0.5) is 0 Å². The fraction of sp³-hybridized carbons (Fsp3) is 0. The molecule has 0 aromatic heterocycles. The Morgan fingerprint density at radius 3 is 2.40 bits per heavy atom. The van der Waals surface area contributed by atoms with Gasteiger partial charge in [0, 0.05) is 0 Å². The zero-order valence-corrected chi connectivity index (χ0v) is 5.93. The minimum Gasteiger partial charge on any atom is -0.546 e. The number of hydrogen-bond donors (Lipinski definition) is 1. The third-order valence-corrected chi connectivity index (χ3v) is 1.26. The van der Waals surface area contributed by atoms with E-state index < -0.39 is 10.9 Å². The van der Waals surface area contributed by atoms with Gasteiger partial charge in [-0.1, -0.05) is 18.2 Å². The summed E-state index contributed by atoms with van der Waals surface area (Å²) in [6.45, 7) is 0. The lowest BCUT2D eigenvalue weighted by molar-refractivity contribution is 0.526. The second kappa shape index (κ2) is 3.22. The Balaban J connectivity index is 2.77. The molecule has 0 aliphatic carbocycles. The van der Waals surface area contributed by atoms with Crippen LogP contribution in [0.25, 0.3) is 0 Å². The van der Waals surface area contributed by atoms with Crippen molar-refractivity contribution >= 4 is 10.9 Å². The molecule has 1 aromatic rings. The second-order valence-corrected chi connectivity index (χ2v) is 2.27. The lowest BCUT2D eigenvalue weighted by Gasteiger charge is -2.04. The van der Waals surface area contributed by atoms with Crippen LogP contribution < -0.4 is 4.18 Å². The average molecular weight is 156 g/mol. The molecule has 0 aliphatic rings. The minimum absolute atomic E-state index is 0.454. The van der Waals surface area contributed by atoms with Gasteiger partial charge in [0.2, 0.25) is 0 Å². The highest BCUT2D eigenvalue weighted by Gasteiger charge is 1.80. The van der Waals surface area contributed by atoms with Crippen molar-refractivity contribution < 1.29 is 8.39 Å². The topological polar surface area (TPSA) is 50.2 Å². The van der Waals surface area contributed by atoms with Crippen LogP contribution in [0.15, 0.2) is 30.3 Å². The highest BCUT2D eigenvalue weighted by molar-refractivity contribution is 7.68. The van der Waals surface area contributed by atoms with Gasteiger partial charge in [0.15, 0.2) is 0 Å². The number of hydrogen-bond acceptors (Lipinski definition) is 4. The van der Waals surface area contributed by atoms with E-state index in [1.54, 1.807) is 24.3 Å². The van der Waals surface area contributed by atoms with Crippen molar-refractivity contribution in [3.63, 3.8) is 0 Å². The Morgan fingerprint density at radius 1 is 1.30 bits per heavy atom. The fourth-order valence-corrected chi connectivity index (χ4v) is 0.849. The van der Waals surface area contributed by atoms with Crippen LogP contribution in [0.5, 0.6) is 5.75 Å². The van der Waals surface area contributed by atoms with Crippen LogP contribution in [0, 0.1) is 4.78 Å².